The molecular formula is C22H31IN4. The normalized spacial score (nSPS) is 20.6. The fourth-order valence-electron chi connectivity index (χ4n) is 3.57. The van der Waals surface area contributed by atoms with E-state index in [1.54, 1.807) is 0 Å². The number of aliphatic imine (C=N–C) groups is 1. The van der Waals surface area contributed by atoms with Crippen molar-refractivity contribution < 1.29 is 0 Å². The minimum Gasteiger partial charge on any atom is -0.354 e. The highest BCUT2D eigenvalue weighted by molar-refractivity contribution is 14.0. The van der Waals surface area contributed by atoms with Crippen molar-refractivity contribution in [2.75, 3.05) is 13.6 Å². The number of piperidine rings is 1. The molecule has 1 heterocycles. The van der Waals surface area contributed by atoms with Crippen LogP contribution in [0.5, 0.6) is 0 Å². The van der Waals surface area contributed by atoms with Gasteiger partial charge >= 0.3 is 0 Å². The molecule has 27 heavy (non-hydrogen) atoms. The van der Waals surface area contributed by atoms with Crippen molar-refractivity contribution >= 4 is 29.9 Å². The number of nitrogens with one attached hydrogen (secondary N) is 2. The highest BCUT2D eigenvalue weighted by Gasteiger charge is 2.25. The van der Waals surface area contributed by atoms with E-state index < -0.39 is 0 Å². The van der Waals surface area contributed by atoms with Gasteiger partial charge in [-0.2, -0.15) is 0 Å². The smallest absolute Gasteiger partial charge is 0.191 e. The molecule has 5 heteroatoms. The van der Waals surface area contributed by atoms with Crippen molar-refractivity contribution in [1.82, 2.24) is 15.5 Å². The maximum atomic E-state index is 4.39. The van der Waals surface area contributed by atoms with E-state index in [0.717, 1.165) is 38.4 Å². The molecule has 2 unspecified atom stereocenters. The molecule has 1 fully saturated rings. The van der Waals surface area contributed by atoms with Gasteiger partial charge < -0.3 is 10.6 Å². The first-order chi connectivity index (χ1) is 12.7. The fourth-order valence-corrected chi connectivity index (χ4v) is 3.57. The Balaban J connectivity index is 0.00000261. The summed E-state index contributed by atoms with van der Waals surface area (Å²) in [5.74, 6) is 0.891. The molecule has 3 rings (SSSR count). The van der Waals surface area contributed by atoms with Crippen LogP contribution < -0.4 is 10.6 Å². The van der Waals surface area contributed by atoms with Gasteiger partial charge in [0.2, 0.25) is 0 Å². The van der Waals surface area contributed by atoms with Crippen LogP contribution in [0.15, 0.2) is 65.7 Å². The largest absolute Gasteiger partial charge is 0.354 e. The van der Waals surface area contributed by atoms with Gasteiger partial charge in [-0.15, -0.1) is 24.0 Å². The summed E-state index contributed by atoms with van der Waals surface area (Å²) in [5.41, 5.74) is 2.66. The quantitative estimate of drug-likeness (QED) is 0.388. The number of benzene rings is 2. The lowest BCUT2D eigenvalue weighted by molar-refractivity contribution is 0.134. The van der Waals surface area contributed by atoms with Gasteiger partial charge in [0.25, 0.3) is 0 Å². The predicted molar refractivity (Wildman–Crippen MR) is 125 cm³/mol. The van der Waals surface area contributed by atoms with E-state index in [0.29, 0.717) is 12.1 Å². The van der Waals surface area contributed by atoms with Gasteiger partial charge in [0, 0.05) is 38.8 Å². The standard InChI is InChI=1S/C22H30N4.HI/c1-18-15-21(13-14-26(18)17-20-11-7-4-8-12-20)25-22(23-2)24-16-19-9-5-3-6-10-19;/h3-12,18,21H,13-17H2,1-2H3,(H2,23,24,25);1H. The van der Waals surface area contributed by atoms with Gasteiger partial charge in [-0.05, 0) is 30.9 Å². The molecule has 2 aromatic carbocycles. The second-order valence-electron chi connectivity index (χ2n) is 7.08. The summed E-state index contributed by atoms with van der Waals surface area (Å²) in [6.07, 6.45) is 2.28. The molecular weight excluding hydrogens is 447 g/mol. The minimum atomic E-state index is 0. The Kier molecular flexibility index (Phi) is 9.07. The molecule has 146 valence electrons. The van der Waals surface area contributed by atoms with Gasteiger partial charge in [0.15, 0.2) is 5.96 Å². The summed E-state index contributed by atoms with van der Waals surface area (Å²) in [7, 11) is 1.84. The fraction of sp³-hybridized carbons (Fsp3) is 0.409. The van der Waals surface area contributed by atoms with Crippen LogP contribution >= 0.6 is 24.0 Å². The third-order valence-corrected chi connectivity index (χ3v) is 5.11. The molecule has 0 saturated carbocycles. The Labute approximate surface area is 180 Å². The van der Waals surface area contributed by atoms with Crippen LogP contribution in [0, 0.1) is 0 Å². The Hall–Kier alpha value is -1.60. The molecule has 0 amide bonds. The highest BCUT2D eigenvalue weighted by Crippen LogP contribution is 2.19. The molecule has 1 aliphatic rings. The molecule has 0 aromatic heterocycles. The topological polar surface area (TPSA) is 39.7 Å². The number of rotatable bonds is 5. The molecule has 0 radical (unpaired) electrons. The number of nitrogens with zero attached hydrogens (tertiary/aromatic N) is 2. The zero-order chi connectivity index (χ0) is 18.2. The molecule has 2 N–H and O–H groups in total. The van der Waals surface area contributed by atoms with Crippen molar-refractivity contribution in [3.63, 3.8) is 0 Å². The summed E-state index contributed by atoms with van der Waals surface area (Å²) in [6, 6.07) is 22.2. The van der Waals surface area contributed by atoms with Crippen LogP contribution in [-0.2, 0) is 13.1 Å². The predicted octanol–water partition coefficient (Wildman–Crippen LogP) is 4.02. The Morgan fingerprint density at radius 2 is 1.67 bits per heavy atom. The maximum absolute atomic E-state index is 4.39. The second kappa shape index (κ2) is 11.3. The monoisotopic (exact) mass is 478 g/mol. The summed E-state index contributed by atoms with van der Waals surface area (Å²) in [6.45, 7) is 5.28. The van der Waals surface area contributed by atoms with Gasteiger partial charge in [0.05, 0.1) is 0 Å². The zero-order valence-corrected chi connectivity index (χ0v) is 18.6. The minimum absolute atomic E-state index is 0. The molecule has 0 spiro atoms. The lowest BCUT2D eigenvalue weighted by Gasteiger charge is -2.38. The van der Waals surface area contributed by atoms with Crippen molar-refractivity contribution in [3.8, 4) is 0 Å². The lowest BCUT2D eigenvalue weighted by atomic mass is 9.97. The van der Waals surface area contributed by atoms with E-state index in [4.69, 9.17) is 0 Å². The number of hydrogen-bond acceptors (Lipinski definition) is 2. The van der Waals surface area contributed by atoms with Gasteiger partial charge in [-0.3, -0.25) is 9.89 Å². The maximum Gasteiger partial charge on any atom is 0.191 e. The van der Waals surface area contributed by atoms with Crippen molar-refractivity contribution in [2.24, 2.45) is 4.99 Å². The highest BCUT2D eigenvalue weighted by atomic mass is 127. The Morgan fingerprint density at radius 1 is 1.04 bits per heavy atom. The molecule has 4 nitrogen and oxygen atoms in total. The molecule has 2 atom stereocenters. The summed E-state index contributed by atoms with van der Waals surface area (Å²) < 4.78 is 0. The first kappa shape index (κ1) is 21.7. The molecule has 0 aliphatic carbocycles. The lowest BCUT2D eigenvalue weighted by Crippen LogP contribution is -2.51. The zero-order valence-electron chi connectivity index (χ0n) is 16.3. The van der Waals surface area contributed by atoms with E-state index in [1.807, 2.05) is 13.1 Å². The van der Waals surface area contributed by atoms with Crippen molar-refractivity contribution in [3.05, 3.63) is 71.8 Å². The van der Waals surface area contributed by atoms with Crippen LogP contribution in [0.3, 0.4) is 0 Å². The third kappa shape index (κ3) is 6.81. The van der Waals surface area contributed by atoms with E-state index in [2.05, 4.69) is 82.0 Å². The average molecular weight is 478 g/mol. The molecule has 0 bridgehead atoms. The van der Waals surface area contributed by atoms with Crippen LogP contribution in [0.1, 0.15) is 30.9 Å². The molecule has 1 aliphatic heterocycles. The van der Waals surface area contributed by atoms with Crippen LogP contribution in [0.4, 0.5) is 0 Å². The van der Waals surface area contributed by atoms with E-state index >= 15 is 0 Å². The van der Waals surface area contributed by atoms with Crippen molar-refractivity contribution in [2.45, 2.75) is 44.9 Å². The van der Waals surface area contributed by atoms with Crippen LogP contribution in [-0.4, -0.2) is 36.5 Å². The van der Waals surface area contributed by atoms with E-state index in [-0.39, 0.29) is 24.0 Å². The van der Waals surface area contributed by atoms with Crippen molar-refractivity contribution in [1.29, 1.82) is 0 Å². The van der Waals surface area contributed by atoms with Crippen LogP contribution in [0.25, 0.3) is 0 Å². The Morgan fingerprint density at radius 3 is 2.26 bits per heavy atom. The first-order valence-electron chi connectivity index (χ1n) is 9.53. The van der Waals surface area contributed by atoms with Gasteiger partial charge in [0.1, 0.15) is 0 Å². The van der Waals surface area contributed by atoms with Gasteiger partial charge in [-0.25, -0.2) is 0 Å². The number of hydrogen-bond donors (Lipinski definition) is 2. The average Bonchev–Trinajstić information content (AvgIpc) is 2.69. The van der Waals surface area contributed by atoms with E-state index in [9.17, 15) is 0 Å². The summed E-state index contributed by atoms with van der Waals surface area (Å²) >= 11 is 0. The summed E-state index contributed by atoms with van der Waals surface area (Å²) in [5, 5.41) is 7.03. The number of guanidine groups is 1. The summed E-state index contributed by atoms with van der Waals surface area (Å²) in [4.78, 5) is 6.97. The number of likely N-dealkylation sites (tertiary alicyclic amines) is 1. The molecule has 2 aromatic rings. The van der Waals surface area contributed by atoms with Gasteiger partial charge in [-0.1, -0.05) is 60.7 Å². The Bertz CT molecular complexity index is 690. The van der Waals surface area contributed by atoms with Crippen LogP contribution in [0.2, 0.25) is 0 Å². The SMILES string of the molecule is CN=C(NCc1ccccc1)NC1CCN(Cc2ccccc2)C(C)C1.I. The first-order valence-corrected chi connectivity index (χ1v) is 9.53. The van der Waals surface area contributed by atoms with E-state index in [1.165, 1.54) is 11.1 Å². The molecule has 1 saturated heterocycles. The third-order valence-electron chi connectivity index (χ3n) is 5.11. The second-order valence-corrected chi connectivity index (χ2v) is 7.08. The number of halogens is 1.